The lowest BCUT2D eigenvalue weighted by Crippen LogP contribution is -2.15. The zero-order chi connectivity index (χ0) is 11.8. The van der Waals surface area contributed by atoms with E-state index in [0.29, 0.717) is 6.07 Å². The number of hydrogen-bond acceptors (Lipinski definition) is 3. The summed E-state index contributed by atoms with van der Waals surface area (Å²) in [6.45, 7) is 0. The summed E-state index contributed by atoms with van der Waals surface area (Å²) in [5.41, 5.74) is 6.24. The van der Waals surface area contributed by atoms with Gasteiger partial charge in [-0.3, -0.25) is 0 Å². The first-order chi connectivity index (χ1) is 6.73. The lowest BCUT2D eigenvalue weighted by molar-refractivity contribution is -0.140. The second-order valence-corrected chi connectivity index (χ2v) is 2.70. The van der Waals surface area contributed by atoms with Gasteiger partial charge in [0.25, 0.3) is 6.43 Å². The third-order valence-electron chi connectivity index (χ3n) is 1.61. The van der Waals surface area contributed by atoms with Crippen LogP contribution in [0.25, 0.3) is 0 Å². The molecular formula is C7H6F5N3. The smallest absolute Gasteiger partial charge is 0.397 e. The van der Waals surface area contributed by atoms with E-state index in [4.69, 9.17) is 11.5 Å². The van der Waals surface area contributed by atoms with Gasteiger partial charge in [-0.25, -0.2) is 13.8 Å². The van der Waals surface area contributed by atoms with Crippen LogP contribution in [-0.2, 0) is 6.18 Å². The fourth-order valence-electron chi connectivity index (χ4n) is 0.992. The maximum atomic E-state index is 12.2. The molecule has 84 valence electrons. The molecule has 0 unspecified atom stereocenters. The molecule has 1 heterocycles. The van der Waals surface area contributed by atoms with E-state index in [1.807, 2.05) is 0 Å². The number of aromatic nitrogens is 1. The Morgan fingerprint density at radius 3 is 2.13 bits per heavy atom. The molecule has 0 bridgehead atoms. The molecule has 0 fully saturated rings. The molecule has 15 heavy (non-hydrogen) atoms. The Labute approximate surface area is 80.9 Å². The largest absolute Gasteiger partial charge is 0.435 e. The van der Waals surface area contributed by atoms with Crippen molar-refractivity contribution in [2.24, 2.45) is 0 Å². The standard InChI is InChI=1S/C7H6F5N3/c8-6(9)2-1-3(13)15-5(4(2)14)7(10,11)12/h1,6H,14H2,(H2,13,15). The number of anilines is 2. The molecule has 1 aromatic heterocycles. The zero-order valence-electron chi connectivity index (χ0n) is 7.15. The molecule has 0 atom stereocenters. The Balaban J connectivity index is 3.42. The van der Waals surface area contributed by atoms with Gasteiger partial charge in [0.1, 0.15) is 5.82 Å². The summed E-state index contributed by atoms with van der Waals surface area (Å²) < 4.78 is 61.2. The molecule has 0 spiro atoms. The highest BCUT2D eigenvalue weighted by atomic mass is 19.4. The Hall–Kier alpha value is -1.60. The van der Waals surface area contributed by atoms with E-state index in [0.717, 1.165) is 0 Å². The highest BCUT2D eigenvalue weighted by Gasteiger charge is 2.37. The molecule has 3 nitrogen and oxygen atoms in total. The van der Waals surface area contributed by atoms with Gasteiger partial charge in [-0.15, -0.1) is 0 Å². The van der Waals surface area contributed by atoms with Crippen molar-refractivity contribution in [2.45, 2.75) is 12.6 Å². The highest BCUT2D eigenvalue weighted by molar-refractivity contribution is 5.57. The molecule has 0 aliphatic heterocycles. The average Bonchev–Trinajstić information content (AvgIpc) is 2.06. The van der Waals surface area contributed by atoms with Gasteiger partial charge in [0, 0.05) is 5.56 Å². The molecule has 0 saturated carbocycles. The molecule has 0 aliphatic carbocycles. The van der Waals surface area contributed by atoms with E-state index in [1.165, 1.54) is 0 Å². The van der Waals surface area contributed by atoms with Crippen molar-refractivity contribution in [1.82, 2.24) is 4.98 Å². The maximum Gasteiger partial charge on any atom is 0.435 e. The number of pyridine rings is 1. The van der Waals surface area contributed by atoms with Crippen molar-refractivity contribution in [3.8, 4) is 0 Å². The molecule has 0 aromatic carbocycles. The van der Waals surface area contributed by atoms with Crippen molar-refractivity contribution < 1.29 is 22.0 Å². The predicted molar refractivity (Wildman–Crippen MR) is 43.0 cm³/mol. The van der Waals surface area contributed by atoms with E-state index < -0.39 is 35.4 Å². The molecule has 8 heteroatoms. The van der Waals surface area contributed by atoms with Crippen molar-refractivity contribution >= 4 is 11.5 Å². The summed E-state index contributed by atoms with van der Waals surface area (Å²) >= 11 is 0. The van der Waals surface area contributed by atoms with E-state index in [9.17, 15) is 22.0 Å². The minimum Gasteiger partial charge on any atom is -0.397 e. The van der Waals surface area contributed by atoms with Crippen LogP contribution in [0.4, 0.5) is 33.5 Å². The lowest BCUT2D eigenvalue weighted by atomic mass is 10.1. The molecular weight excluding hydrogens is 221 g/mol. The molecule has 0 radical (unpaired) electrons. The first kappa shape index (κ1) is 11.5. The van der Waals surface area contributed by atoms with Crippen LogP contribution in [0.15, 0.2) is 6.07 Å². The number of rotatable bonds is 1. The third kappa shape index (κ3) is 2.25. The van der Waals surface area contributed by atoms with Crippen LogP contribution in [0.1, 0.15) is 17.7 Å². The zero-order valence-corrected chi connectivity index (χ0v) is 7.15. The monoisotopic (exact) mass is 227 g/mol. The Bertz CT molecular complexity index is 374. The van der Waals surface area contributed by atoms with Gasteiger partial charge < -0.3 is 11.5 Å². The number of halogens is 5. The van der Waals surface area contributed by atoms with E-state index in [-0.39, 0.29) is 0 Å². The number of hydrogen-bond donors (Lipinski definition) is 2. The van der Waals surface area contributed by atoms with Gasteiger partial charge in [0.15, 0.2) is 5.69 Å². The fraction of sp³-hybridized carbons (Fsp3) is 0.286. The SMILES string of the molecule is Nc1cc(C(F)F)c(N)c(C(F)(F)F)n1. The maximum absolute atomic E-state index is 12.2. The summed E-state index contributed by atoms with van der Waals surface area (Å²) in [7, 11) is 0. The van der Waals surface area contributed by atoms with Crippen LogP contribution in [0.5, 0.6) is 0 Å². The van der Waals surface area contributed by atoms with Crippen molar-refractivity contribution in [3.05, 3.63) is 17.3 Å². The number of nitrogens with zero attached hydrogens (tertiary/aromatic N) is 1. The second-order valence-electron chi connectivity index (χ2n) is 2.70. The molecule has 1 rings (SSSR count). The van der Waals surface area contributed by atoms with Crippen LogP contribution in [0.3, 0.4) is 0 Å². The summed E-state index contributed by atoms with van der Waals surface area (Å²) in [5.74, 6) is -0.646. The molecule has 1 aromatic rings. The van der Waals surface area contributed by atoms with Gasteiger partial charge in [0.05, 0.1) is 5.69 Å². The van der Waals surface area contributed by atoms with E-state index in [1.54, 1.807) is 0 Å². The first-order valence-corrected chi connectivity index (χ1v) is 3.64. The second kappa shape index (κ2) is 3.52. The van der Waals surface area contributed by atoms with Crippen LogP contribution in [0.2, 0.25) is 0 Å². The van der Waals surface area contributed by atoms with Crippen molar-refractivity contribution in [3.63, 3.8) is 0 Å². The summed E-state index contributed by atoms with van der Waals surface area (Å²) in [6, 6.07) is 0.620. The van der Waals surface area contributed by atoms with Crippen molar-refractivity contribution in [2.75, 3.05) is 11.5 Å². The number of nitrogen functional groups attached to an aromatic ring is 2. The number of nitrogens with two attached hydrogens (primary N) is 2. The summed E-state index contributed by atoms with van der Waals surface area (Å²) in [5, 5.41) is 0. The Morgan fingerprint density at radius 2 is 1.73 bits per heavy atom. The third-order valence-corrected chi connectivity index (χ3v) is 1.61. The van der Waals surface area contributed by atoms with Gasteiger partial charge in [-0.1, -0.05) is 0 Å². The van der Waals surface area contributed by atoms with Crippen molar-refractivity contribution in [1.29, 1.82) is 0 Å². The topological polar surface area (TPSA) is 64.9 Å². The van der Waals surface area contributed by atoms with Gasteiger partial charge in [0.2, 0.25) is 0 Å². The fourth-order valence-corrected chi connectivity index (χ4v) is 0.992. The average molecular weight is 227 g/mol. The van der Waals surface area contributed by atoms with Crippen LogP contribution in [-0.4, -0.2) is 4.98 Å². The van der Waals surface area contributed by atoms with Crippen LogP contribution < -0.4 is 11.5 Å². The van der Waals surface area contributed by atoms with E-state index in [2.05, 4.69) is 4.98 Å². The van der Waals surface area contributed by atoms with Gasteiger partial charge in [-0.05, 0) is 6.07 Å². The molecule has 0 amide bonds. The molecule has 0 aliphatic rings. The molecule has 4 N–H and O–H groups in total. The highest BCUT2D eigenvalue weighted by Crippen LogP contribution is 2.37. The Kier molecular flexibility index (Phi) is 2.69. The van der Waals surface area contributed by atoms with Crippen LogP contribution >= 0.6 is 0 Å². The van der Waals surface area contributed by atoms with E-state index >= 15 is 0 Å². The minimum absolute atomic E-state index is 0.620. The summed E-state index contributed by atoms with van der Waals surface area (Å²) in [6.07, 6.45) is -8.03. The predicted octanol–water partition coefficient (Wildman–Crippen LogP) is 2.20. The quantitative estimate of drug-likeness (QED) is 0.723. The minimum atomic E-state index is -4.90. The normalized spacial score (nSPS) is 12.1. The summed E-state index contributed by atoms with van der Waals surface area (Å²) in [4.78, 5) is 2.88. The van der Waals surface area contributed by atoms with Gasteiger partial charge >= 0.3 is 6.18 Å². The molecule has 0 saturated heterocycles. The Morgan fingerprint density at radius 1 is 1.20 bits per heavy atom. The van der Waals surface area contributed by atoms with Gasteiger partial charge in [-0.2, -0.15) is 13.2 Å². The lowest BCUT2D eigenvalue weighted by Gasteiger charge is -2.13. The number of alkyl halides is 5. The van der Waals surface area contributed by atoms with Crippen LogP contribution in [0, 0.1) is 0 Å². The first-order valence-electron chi connectivity index (χ1n) is 3.64.